The highest BCUT2D eigenvalue weighted by Crippen LogP contribution is 2.49. The quantitative estimate of drug-likeness (QED) is 0.621. The van der Waals surface area contributed by atoms with Crippen LogP contribution < -0.4 is 10.6 Å². The monoisotopic (exact) mass is 332 g/mol. The smallest absolute Gasteiger partial charge is 0.191 e. The molecule has 1 saturated carbocycles. The Morgan fingerprint density at radius 2 is 2.12 bits per heavy atom. The maximum Gasteiger partial charge on any atom is 0.191 e. The summed E-state index contributed by atoms with van der Waals surface area (Å²) < 4.78 is 14.1. The molecule has 0 bridgehead atoms. The fraction of sp³-hybridized carbons (Fsp3) is 0.632. The van der Waals surface area contributed by atoms with Gasteiger partial charge >= 0.3 is 0 Å². The third kappa shape index (κ3) is 3.89. The van der Waals surface area contributed by atoms with Gasteiger partial charge in [0.15, 0.2) is 5.96 Å². The van der Waals surface area contributed by atoms with Gasteiger partial charge in [0, 0.05) is 24.5 Å². The van der Waals surface area contributed by atoms with E-state index in [0.29, 0.717) is 12.6 Å². The van der Waals surface area contributed by atoms with Crippen LogP contribution in [-0.2, 0) is 5.41 Å². The predicted molar refractivity (Wildman–Crippen MR) is 96.9 cm³/mol. The normalized spacial score (nSPS) is 23.3. The van der Waals surface area contributed by atoms with Crippen LogP contribution in [0.2, 0.25) is 0 Å². The molecule has 2 N–H and O–H groups in total. The second-order valence-corrected chi connectivity index (χ2v) is 7.11. The maximum atomic E-state index is 14.1. The highest BCUT2D eigenvalue weighted by atomic mass is 19.1. The number of halogens is 1. The van der Waals surface area contributed by atoms with Crippen LogP contribution in [0.15, 0.2) is 29.3 Å². The SMILES string of the molecule is CCNC(=NCC1(c2ccccc2F)CC1)NCC1CCCN1C. The van der Waals surface area contributed by atoms with E-state index in [0.717, 1.165) is 37.5 Å². The lowest BCUT2D eigenvalue weighted by Crippen LogP contribution is -2.44. The van der Waals surface area contributed by atoms with Gasteiger partial charge in [0.05, 0.1) is 6.54 Å². The second kappa shape index (κ2) is 7.51. The molecule has 1 aromatic carbocycles. The van der Waals surface area contributed by atoms with Gasteiger partial charge < -0.3 is 15.5 Å². The Morgan fingerprint density at radius 1 is 1.33 bits per heavy atom. The molecule has 2 aliphatic rings. The zero-order chi connectivity index (χ0) is 17.0. The second-order valence-electron chi connectivity index (χ2n) is 7.11. The molecule has 1 unspecified atom stereocenters. The number of hydrogen-bond acceptors (Lipinski definition) is 2. The van der Waals surface area contributed by atoms with Crippen LogP contribution >= 0.6 is 0 Å². The van der Waals surface area contributed by atoms with E-state index in [2.05, 4.69) is 29.5 Å². The molecule has 5 heteroatoms. The Labute approximate surface area is 144 Å². The van der Waals surface area contributed by atoms with Crippen molar-refractivity contribution in [2.45, 2.75) is 44.1 Å². The van der Waals surface area contributed by atoms with E-state index in [1.807, 2.05) is 12.1 Å². The van der Waals surface area contributed by atoms with Gasteiger partial charge in [-0.05, 0) is 57.8 Å². The highest BCUT2D eigenvalue weighted by Gasteiger charge is 2.45. The van der Waals surface area contributed by atoms with Gasteiger partial charge in [-0.2, -0.15) is 0 Å². The summed E-state index contributed by atoms with van der Waals surface area (Å²) >= 11 is 0. The minimum Gasteiger partial charge on any atom is -0.357 e. The van der Waals surface area contributed by atoms with E-state index in [1.165, 1.54) is 19.4 Å². The highest BCUT2D eigenvalue weighted by molar-refractivity contribution is 5.79. The van der Waals surface area contributed by atoms with Crippen molar-refractivity contribution in [3.05, 3.63) is 35.6 Å². The molecule has 0 aromatic heterocycles. The molecular weight excluding hydrogens is 303 g/mol. The minimum atomic E-state index is -0.101. The Bertz CT molecular complexity index is 582. The summed E-state index contributed by atoms with van der Waals surface area (Å²) in [5.74, 6) is 0.746. The van der Waals surface area contributed by atoms with Gasteiger partial charge in [0.1, 0.15) is 5.82 Å². The van der Waals surface area contributed by atoms with E-state index in [9.17, 15) is 4.39 Å². The fourth-order valence-corrected chi connectivity index (χ4v) is 3.58. The average Bonchev–Trinajstić information content (AvgIpc) is 3.26. The summed E-state index contributed by atoms with van der Waals surface area (Å²) in [6.45, 7) is 5.64. The first-order chi connectivity index (χ1) is 11.6. The van der Waals surface area contributed by atoms with Gasteiger partial charge in [-0.1, -0.05) is 18.2 Å². The summed E-state index contributed by atoms with van der Waals surface area (Å²) in [6, 6.07) is 7.71. The molecule has 2 fully saturated rings. The number of rotatable bonds is 6. The van der Waals surface area contributed by atoms with Crippen molar-refractivity contribution in [3.8, 4) is 0 Å². The zero-order valence-electron chi connectivity index (χ0n) is 14.8. The molecule has 4 nitrogen and oxygen atoms in total. The third-order valence-electron chi connectivity index (χ3n) is 5.36. The largest absolute Gasteiger partial charge is 0.357 e. The number of hydrogen-bond donors (Lipinski definition) is 2. The van der Waals surface area contributed by atoms with E-state index < -0.39 is 0 Å². The van der Waals surface area contributed by atoms with Gasteiger partial charge in [-0.3, -0.25) is 4.99 Å². The molecule has 132 valence electrons. The predicted octanol–water partition coefficient (Wildman–Crippen LogP) is 2.51. The van der Waals surface area contributed by atoms with E-state index >= 15 is 0 Å². The van der Waals surface area contributed by atoms with Crippen LogP contribution in [0.25, 0.3) is 0 Å². The van der Waals surface area contributed by atoms with E-state index in [4.69, 9.17) is 4.99 Å². The molecule has 24 heavy (non-hydrogen) atoms. The number of benzene rings is 1. The number of guanidine groups is 1. The summed E-state index contributed by atoms with van der Waals surface area (Å²) in [7, 11) is 2.18. The lowest BCUT2D eigenvalue weighted by molar-refractivity contribution is 0.309. The van der Waals surface area contributed by atoms with Crippen LogP contribution in [0.4, 0.5) is 4.39 Å². The molecular formula is C19H29FN4. The summed E-state index contributed by atoms with van der Waals surface area (Å²) in [4.78, 5) is 7.16. The lowest BCUT2D eigenvalue weighted by Gasteiger charge is -2.22. The summed E-state index contributed by atoms with van der Waals surface area (Å²) in [5.41, 5.74) is 0.720. The Morgan fingerprint density at radius 3 is 2.75 bits per heavy atom. The first-order valence-corrected chi connectivity index (χ1v) is 9.12. The average molecular weight is 332 g/mol. The molecule has 3 rings (SSSR count). The topological polar surface area (TPSA) is 39.7 Å². The van der Waals surface area contributed by atoms with Crippen molar-refractivity contribution in [2.75, 3.05) is 33.2 Å². The van der Waals surface area contributed by atoms with E-state index in [-0.39, 0.29) is 11.2 Å². The maximum absolute atomic E-state index is 14.1. The zero-order valence-corrected chi connectivity index (χ0v) is 14.8. The van der Waals surface area contributed by atoms with Crippen LogP contribution in [-0.4, -0.2) is 50.1 Å². The number of likely N-dealkylation sites (tertiary alicyclic amines) is 1. The van der Waals surface area contributed by atoms with Crippen molar-refractivity contribution in [2.24, 2.45) is 4.99 Å². The number of aliphatic imine (C=N–C) groups is 1. The van der Waals surface area contributed by atoms with Crippen LogP contribution in [0.3, 0.4) is 0 Å². The summed E-state index contributed by atoms with van der Waals surface area (Å²) in [5, 5.41) is 6.78. The minimum absolute atomic E-state index is 0.0994. The summed E-state index contributed by atoms with van der Waals surface area (Å²) in [6.07, 6.45) is 4.54. The molecule has 1 aliphatic carbocycles. The molecule has 0 amide bonds. The molecule has 1 heterocycles. The first-order valence-electron chi connectivity index (χ1n) is 9.12. The third-order valence-corrected chi connectivity index (χ3v) is 5.36. The molecule has 1 aliphatic heterocycles. The van der Waals surface area contributed by atoms with Crippen molar-refractivity contribution in [3.63, 3.8) is 0 Å². The van der Waals surface area contributed by atoms with Gasteiger partial charge in [-0.25, -0.2) is 4.39 Å². The number of likely N-dealkylation sites (N-methyl/N-ethyl adjacent to an activating group) is 1. The number of nitrogens with one attached hydrogen (secondary N) is 2. The van der Waals surface area contributed by atoms with Gasteiger partial charge in [0.2, 0.25) is 0 Å². The fourth-order valence-electron chi connectivity index (χ4n) is 3.58. The standard InChI is InChI=1S/C19H29FN4/c1-3-21-18(22-13-15-7-6-12-24(15)2)23-14-19(10-11-19)16-8-4-5-9-17(16)20/h4-5,8-9,15H,3,6-7,10-14H2,1-2H3,(H2,21,22,23). The van der Waals surface area contributed by atoms with E-state index in [1.54, 1.807) is 12.1 Å². The van der Waals surface area contributed by atoms with Gasteiger partial charge in [0.25, 0.3) is 0 Å². The van der Waals surface area contributed by atoms with Gasteiger partial charge in [-0.15, -0.1) is 0 Å². The molecule has 1 aromatic rings. The molecule has 0 spiro atoms. The molecule has 1 atom stereocenters. The lowest BCUT2D eigenvalue weighted by atomic mass is 9.95. The molecule has 1 saturated heterocycles. The number of nitrogens with zero attached hydrogens (tertiary/aromatic N) is 2. The van der Waals surface area contributed by atoms with Crippen molar-refractivity contribution in [1.82, 2.24) is 15.5 Å². The Hall–Kier alpha value is -1.62. The van der Waals surface area contributed by atoms with Crippen LogP contribution in [0.5, 0.6) is 0 Å². The molecule has 0 radical (unpaired) electrons. The van der Waals surface area contributed by atoms with Crippen molar-refractivity contribution < 1.29 is 4.39 Å². The Kier molecular flexibility index (Phi) is 5.39. The first kappa shape index (κ1) is 17.2. The Balaban J connectivity index is 1.62. The van der Waals surface area contributed by atoms with Crippen LogP contribution in [0.1, 0.15) is 38.2 Å². The van der Waals surface area contributed by atoms with Crippen molar-refractivity contribution in [1.29, 1.82) is 0 Å². The van der Waals surface area contributed by atoms with Crippen molar-refractivity contribution >= 4 is 5.96 Å². The van der Waals surface area contributed by atoms with Crippen LogP contribution in [0, 0.1) is 5.82 Å².